The van der Waals surface area contributed by atoms with Gasteiger partial charge in [-0.25, -0.2) is 8.42 Å². The normalized spacial score (nSPS) is 11.4. The van der Waals surface area contributed by atoms with Gasteiger partial charge in [-0.3, -0.25) is 9.10 Å². The molecule has 0 radical (unpaired) electrons. The number of amides is 1. The van der Waals surface area contributed by atoms with Gasteiger partial charge in [0.2, 0.25) is 0 Å². The number of rotatable bonds is 6. The molecular formula is C23H23ClN2O3S. The first kappa shape index (κ1) is 21.9. The van der Waals surface area contributed by atoms with Crippen LogP contribution in [0.15, 0.2) is 77.7 Å². The number of hydrogen-bond donors (Lipinski definition) is 1. The van der Waals surface area contributed by atoms with Crippen molar-refractivity contribution in [1.82, 2.24) is 0 Å². The van der Waals surface area contributed by atoms with Crippen molar-refractivity contribution in [2.24, 2.45) is 0 Å². The monoisotopic (exact) mass is 442 g/mol. The lowest BCUT2D eigenvalue weighted by Crippen LogP contribution is -2.27. The minimum Gasteiger partial charge on any atom is -0.322 e. The third-order valence-electron chi connectivity index (χ3n) is 4.79. The first-order chi connectivity index (χ1) is 14.2. The first-order valence-electron chi connectivity index (χ1n) is 9.45. The highest BCUT2D eigenvalue weighted by Crippen LogP contribution is 2.27. The highest BCUT2D eigenvalue weighted by atomic mass is 35.5. The zero-order valence-electron chi connectivity index (χ0n) is 17.0. The van der Waals surface area contributed by atoms with Crippen molar-refractivity contribution >= 4 is 38.9 Å². The second kappa shape index (κ2) is 8.90. The average molecular weight is 443 g/mol. The Morgan fingerprint density at radius 3 is 2.20 bits per heavy atom. The lowest BCUT2D eigenvalue weighted by Gasteiger charge is -2.20. The Balaban J connectivity index is 1.86. The molecule has 0 aromatic heterocycles. The second-order valence-electron chi connectivity index (χ2n) is 7.18. The summed E-state index contributed by atoms with van der Waals surface area (Å²) in [7, 11) is -2.32. The topological polar surface area (TPSA) is 66.5 Å². The minimum absolute atomic E-state index is 0.165. The van der Waals surface area contributed by atoms with Crippen LogP contribution in [0.2, 0.25) is 5.02 Å². The van der Waals surface area contributed by atoms with Crippen LogP contribution in [0, 0.1) is 0 Å². The molecule has 3 rings (SSSR count). The maximum Gasteiger partial charge on any atom is 0.264 e. The number of benzene rings is 3. The summed E-state index contributed by atoms with van der Waals surface area (Å²) in [5.74, 6) is -0.0207. The van der Waals surface area contributed by atoms with Crippen LogP contribution < -0.4 is 9.62 Å². The van der Waals surface area contributed by atoms with E-state index in [1.165, 1.54) is 36.9 Å². The van der Waals surface area contributed by atoms with Crippen molar-refractivity contribution in [2.75, 3.05) is 16.7 Å². The fraction of sp³-hybridized carbons (Fsp3) is 0.174. The molecule has 3 aromatic carbocycles. The van der Waals surface area contributed by atoms with Gasteiger partial charge in [-0.05, 0) is 53.9 Å². The molecule has 156 valence electrons. The summed E-state index contributed by atoms with van der Waals surface area (Å²) in [6.07, 6.45) is 0. The Hall–Kier alpha value is -2.83. The van der Waals surface area contributed by atoms with Crippen molar-refractivity contribution in [2.45, 2.75) is 24.7 Å². The second-order valence-corrected chi connectivity index (χ2v) is 9.56. The van der Waals surface area contributed by atoms with E-state index in [1.54, 1.807) is 24.3 Å². The van der Waals surface area contributed by atoms with Gasteiger partial charge in [-0.2, -0.15) is 0 Å². The predicted molar refractivity (Wildman–Crippen MR) is 122 cm³/mol. The van der Waals surface area contributed by atoms with Crippen molar-refractivity contribution < 1.29 is 13.2 Å². The third kappa shape index (κ3) is 4.66. The Bertz CT molecular complexity index is 1140. The SMILES string of the molecule is CC(C)c1ccc(NC(=O)c2cc(N(C)S(=O)(=O)c3ccccc3)ccc2Cl)cc1. The first-order valence-corrected chi connectivity index (χ1v) is 11.3. The summed E-state index contributed by atoms with van der Waals surface area (Å²) in [5.41, 5.74) is 2.33. The number of halogens is 1. The quantitative estimate of drug-likeness (QED) is 0.544. The molecule has 0 atom stereocenters. The van der Waals surface area contributed by atoms with E-state index >= 15 is 0 Å². The molecule has 0 saturated heterocycles. The highest BCUT2D eigenvalue weighted by molar-refractivity contribution is 7.92. The van der Waals surface area contributed by atoms with E-state index in [0.717, 1.165) is 4.31 Å². The van der Waals surface area contributed by atoms with Crippen LogP contribution in [0.25, 0.3) is 0 Å². The molecule has 0 heterocycles. The molecule has 0 unspecified atom stereocenters. The van der Waals surface area contributed by atoms with Gasteiger partial charge in [0, 0.05) is 12.7 Å². The van der Waals surface area contributed by atoms with E-state index in [4.69, 9.17) is 11.6 Å². The molecule has 0 bridgehead atoms. The van der Waals surface area contributed by atoms with Crippen LogP contribution in [0.5, 0.6) is 0 Å². The standard InChI is InChI=1S/C23H23ClN2O3S/c1-16(2)17-9-11-18(12-10-17)25-23(27)21-15-19(13-14-22(21)24)26(3)30(28,29)20-7-5-4-6-8-20/h4-16H,1-3H3,(H,25,27). The summed E-state index contributed by atoms with van der Waals surface area (Å²) in [6.45, 7) is 4.19. The molecule has 0 aliphatic rings. The largest absolute Gasteiger partial charge is 0.322 e. The number of sulfonamides is 1. The maximum atomic E-state index is 12.9. The molecular weight excluding hydrogens is 420 g/mol. The molecule has 0 spiro atoms. The van der Waals surface area contributed by atoms with Crippen LogP contribution in [0.1, 0.15) is 35.7 Å². The number of nitrogens with one attached hydrogen (secondary N) is 1. The van der Waals surface area contributed by atoms with Gasteiger partial charge >= 0.3 is 0 Å². The summed E-state index contributed by atoms with van der Waals surface area (Å²) >= 11 is 6.23. The Morgan fingerprint density at radius 1 is 0.967 bits per heavy atom. The van der Waals surface area contributed by atoms with Crippen LogP contribution >= 0.6 is 11.6 Å². The maximum absolute atomic E-state index is 12.9. The molecule has 30 heavy (non-hydrogen) atoms. The summed E-state index contributed by atoms with van der Waals surface area (Å²) in [5, 5.41) is 3.05. The molecule has 0 aliphatic heterocycles. The Labute approximate surface area is 182 Å². The molecule has 5 nitrogen and oxygen atoms in total. The van der Waals surface area contributed by atoms with Crippen molar-refractivity contribution in [3.63, 3.8) is 0 Å². The van der Waals surface area contributed by atoms with Gasteiger partial charge in [-0.15, -0.1) is 0 Å². The smallest absolute Gasteiger partial charge is 0.264 e. The summed E-state index contributed by atoms with van der Waals surface area (Å²) in [4.78, 5) is 13.0. The predicted octanol–water partition coefficient (Wildman–Crippen LogP) is 5.54. The fourth-order valence-electron chi connectivity index (χ4n) is 2.92. The van der Waals surface area contributed by atoms with E-state index in [9.17, 15) is 13.2 Å². The Kier molecular flexibility index (Phi) is 6.48. The molecule has 1 N–H and O–H groups in total. The number of carbonyl (C=O) groups is 1. The van der Waals surface area contributed by atoms with E-state index in [0.29, 0.717) is 17.3 Å². The molecule has 0 fully saturated rings. The molecule has 1 amide bonds. The van der Waals surface area contributed by atoms with Gasteiger partial charge in [0.25, 0.3) is 15.9 Å². The zero-order valence-corrected chi connectivity index (χ0v) is 18.5. The van der Waals surface area contributed by atoms with Gasteiger partial charge < -0.3 is 5.32 Å². The lowest BCUT2D eigenvalue weighted by molar-refractivity contribution is 0.102. The molecule has 3 aromatic rings. The molecule has 0 saturated carbocycles. The van der Waals surface area contributed by atoms with Gasteiger partial charge in [0.1, 0.15) is 0 Å². The minimum atomic E-state index is -3.76. The number of hydrogen-bond acceptors (Lipinski definition) is 3. The summed E-state index contributed by atoms with van der Waals surface area (Å²) < 4.78 is 26.9. The van der Waals surface area contributed by atoms with Crippen LogP contribution in [0.3, 0.4) is 0 Å². The zero-order chi connectivity index (χ0) is 21.9. The Morgan fingerprint density at radius 2 is 1.60 bits per heavy atom. The van der Waals surface area contributed by atoms with Crippen molar-refractivity contribution in [1.29, 1.82) is 0 Å². The van der Waals surface area contributed by atoms with E-state index in [2.05, 4.69) is 19.2 Å². The van der Waals surface area contributed by atoms with Gasteiger partial charge in [-0.1, -0.05) is 55.8 Å². The number of anilines is 2. The van der Waals surface area contributed by atoms with E-state index in [1.807, 2.05) is 24.3 Å². The number of nitrogens with zero attached hydrogens (tertiary/aromatic N) is 1. The molecule has 7 heteroatoms. The van der Waals surface area contributed by atoms with Crippen LogP contribution in [-0.2, 0) is 10.0 Å². The van der Waals surface area contributed by atoms with Crippen molar-refractivity contribution in [3.05, 3.63) is 88.9 Å². The van der Waals surface area contributed by atoms with Crippen LogP contribution in [0.4, 0.5) is 11.4 Å². The van der Waals surface area contributed by atoms with E-state index < -0.39 is 15.9 Å². The molecule has 0 aliphatic carbocycles. The van der Waals surface area contributed by atoms with E-state index in [-0.39, 0.29) is 15.5 Å². The lowest BCUT2D eigenvalue weighted by atomic mass is 10.0. The summed E-state index contributed by atoms with van der Waals surface area (Å²) in [6, 6.07) is 20.2. The number of carbonyl (C=O) groups excluding carboxylic acids is 1. The van der Waals surface area contributed by atoms with Gasteiger partial charge in [0.05, 0.1) is 21.2 Å². The highest BCUT2D eigenvalue weighted by Gasteiger charge is 2.22. The van der Waals surface area contributed by atoms with Crippen LogP contribution in [-0.4, -0.2) is 21.4 Å². The average Bonchev–Trinajstić information content (AvgIpc) is 2.74. The fourth-order valence-corrected chi connectivity index (χ4v) is 4.33. The van der Waals surface area contributed by atoms with Gasteiger partial charge in [0.15, 0.2) is 0 Å². The van der Waals surface area contributed by atoms with Crippen molar-refractivity contribution in [3.8, 4) is 0 Å². The third-order valence-corrected chi connectivity index (χ3v) is 6.92.